The molecule has 0 fully saturated rings. The van der Waals surface area contributed by atoms with Crippen LogP contribution in [0.1, 0.15) is 26.7 Å². The van der Waals surface area contributed by atoms with E-state index in [0.717, 1.165) is 25.9 Å². The number of nitrogens with zero attached hydrogens (tertiary/aromatic N) is 6. The fourth-order valence-electron chi connectivity index (χ4n) is 1.47. The van der Waals surface area contributed by atoms with Crippen molar-refractivity contribution in [1.29, 1.82) is 0 Å². The second-order valence-electron chi connectivity index (χ2n) is 3.93. The van der Waals surface area contributed by atoms with Crippen molar-refractivity contribution in [3.63, 3.8) is 0 Å². The molecule has 2 aromatic rings. The van der Waals surface area contributed by atoms with Crippen molar-refractivity contribution in [2.24, 2.45) is 0 Å². The fraction of sp³-hybridized carbons (Fsp3) is 0.545. The number of rotatable bonds is 7. The predicted octanol–water partition coefficient (Wildman–Crippen LogP) is 1.10. The van der Waals surface area contributed by atoms with Crippen LogP contribution in [-0.2, 0) is 0 Å². The summed E-state index contributed by atoms with van der Waals surface area (Å²) in [6.07, 6.45) is 5.19. The molecule has 0 unspecified atom stereocenters. The minimum atomic E-state index is 0.447. The Bertz CT molecular complexity index is 495. The minimum absolute atomic E-state index is 0.447. The molecule has 0 bridgehead atoms. The van der Waals surface area contributed by atoms with Gasteiger partial charge >= 0.3 is 0 Å². The lowest BCUT2D eigenvalue weighted by atomic mass is 10.3. The maximum Gasteiger partial charge on any atom is 0.258 e. The molecule has 0 amide bonds. The Balaban J connectivity index is 2.22. The van der Waals surface area contributed by atoms with Crippen LogP contribution in [0.5, 0.6) is 0 Å². The van der Waals surface area contributed by atoms with Gasteiger partial charge in [0, 0.05) is 13.1 Å². The van der Waals surface area contributed by atoms with Crippen molar-refractivity contribution in [1.82, 2.24) is 29.7 Å². The summed E-state index contributed by atoms with van der Waals surface area (Å²) in [6.45, 7) is 5.71. The van der Waals surface area contributed by atoms with E-state index >= 15 is 0 Å². The van der Waals surface area contributed by atoms with Crippen LogP contribution >= 0.6 is 0 Å². The van der Waals surface area contributed by atoms with Gasteiger partial charge in [0.2, 0.25) is 11.9 Å². The third kappa shape index (κ3) is 3.60. The lowest BCUT2D eigenvalue weighted by molar-refractivity contribution is 0.784. The molecule has 0 radical (unpaired) electrons. The molecule has 102 valence electrons. The molecule has 0 atom stereocenters. The molecule has 8 nitrogen and oxygen atoms in total. The number of unbranched alkanes of at least 4 members (excludes halogenated alkanes) is 1. The van der Waals surface area contributed by atoms with Crippen LogP contribution in [0, 0.1) is 0 Å². The van der Waals surface area contributed by atoms with Crippen molar-refractivity contribution in [3.05, 3.63) is 12.7 Å². The summed E-state index contributed by atoms with van der Waals surface area (Å²) >= 11 is 0. The Labute approximate surface area is 111 Å². The third-order valence-electron chi connectivity index (χ3n) is 2.40. The fourth-order valence-corrected chi connectivity index (χ4v) is 1.47. The topological polar surface area (TPSA) is 93.4 Å². The predicted molar refractivity (Wildman–Crippen MR) is 72.3 cm³/mol. The summed E-state index contributed by atoms with van der Waals surface area (Å²) < 4.78 is 1.51. The quantitative estimate of drug-likeness (QED) is 0.721. The Morgan fingerprint density at radius 2 is 1.89 bits per heavy atom. The van der Waals surface area contributed by atoms with E-state index in [4.69, 9.17) is 0 Å². The molecule has 2 heterocycles. The molecule has 0 saturated heterocycles. The van der Waals surface area contributed by atoms with Gasteiger partial charge in [-0.15, -0.1) is 0 Å². The molecule has 0 aliphatic carbocycles. The van der Waals surface area contributed by atoms with Gasteiger partial charge in [-0.1, -0.05) is 13.3 Å². The molecule has 2 aromatic heterocycles. The molecule has 2 rings (SSSR count). The highest BCUT2D eigenvalue weighted by Gasteiger charge is 2.07. The molecule has 2 N–H and O–H groups in total. The Morgan fingerprint density at radius 1 is 1.11 bits per heavy atom. The van der Waals surface area contributed by atoms with Gasteiger partial charge < -0.3 is 10.6 Å². The van der Waals surface area contributed by atoms with E-state index in [1.54, 1.807) is 6.33 Å². The van der Waals surface area contributed by atoms with Crippen LogP contribution in [0.25, 0.3) is 5.95 Å². The first kappa shape index (κ1) is 13.2. The van der Waals surface area contributed by atoms with Crippen LogP contribution in [0.3, 0.4) is 0 Å². The number of hydrogen-bond donors (Lipinski definition) is 2. The number of aromatic nitrogens is 6. The van der Waals surface area contributed by atoms with E-state index in [2.05, 4.69) is 42.6 Å². The molecule has 19 heavy (non-hydrogen) atoms. The molecule has 0 aliphatic heterocycles. The summed E-state index contributed by atoms with van der Waals surface area (Å²) in [4.78, 5) is 16.8. The van der Waals surface area contributed by atoms with Crippen molar-refractivity contribution in [2.45, 2.75) is 26.7 Å². The monoisotopic (exact) mass is 262 g/mol. The van der Waals surface area contributed by atoms with Gasteiger partial charge in [0.25, 0.3) is 5.95 Å². The van der Waals surface area contributed by atoms with Crippen molar-refractivity contribution >= 4 is 11.9 Å². The maximum atomic E-state index is 4.32. The van der Waals surface area contributed by atoms with Gasteiger partial charge in [-0.05, 0) is 13.3 Å². The average Bonchev–Trinajstić information content (AvgIpc) is 2.93. The van der Waals surface area contributed by atoms with Crippen LogP contribution < -0.4 is 10.6 Å². The van der Waals surface area contributed by atoms with Gasteiger partial charge in [-0.2, -0.15) is 24.7 Å². The Hall–Kier alpha value is -2.25. The van der Waals surface area contributed by atoms with Gasteiger partial charge in [0.05, 0.1) is 0 Å². The lowest BCUT2D eigenvalue weighted by Gasteiger charge is -2.08. The lowest BCUT2D eigenvalue weighted by Crippen LogP contribution is -2.13. The summed E-state index contributed by atoms with van der Waals surface area (Å²) in [5.74, 6) is 1.52. The highest BCUT2D eigenvalue weighted by molar-refractivity contribution is 5.37. The molecule has 0 saturated carbocycles. The summed E-state index contributed by atoms with van der Waals surface area (Å²) in [6, 6.07) is 0. The van der Waals surface area contributed by atoms with Crippen molar-refractivity contribution in [2.75, 3.05) is 23.7 Å². The Kier molecular flexibility index (Phi) is 4.60. The normalized spacial score (nSPS) is 10.4. The number of anilines is 2. The molecule has 0 aromatic carbocycles. The third-order valence-corrected chi connectivity index (χ3v) is 2.40. The highest BCUT2D eigenvalue weighted by atomic mass is 15.4. The van der Waals surface area contributed by atoms with E-state index in [1.807, 2.05) is 6.92 Å². The van der Waals surface area contributed by atoms with Gasteiger partial charge in [0.1, 0.15) is 12.7 Å². The van der Waals surface area contributed by atoms with E-state index < -0.39 is 0 Å². The zero-order valence-electron chi connectivity index (χ0n) is 11.2. The van der Waals surface area contributed by atoms with Crippen LogP contribution in [0.4, 0.5) is 11.9 Å². The standard InChI is InChI=1S/C11H18N8/c1-3-5-6-14-10-16-9(13-4-2)17-11(18-10)19-8-12-7-15-19/h7-8H,3-6H2,1-2H3,(H2,13,14,16,17,18). The zero-order valence-corrected chi connectivity index (χ0v) is 11.2. The van der Waals surface area contributed by atoms with Crippen LogP contribution in [0.2, 0.25) is 0 Å². The molecular weight excluding hydrogens is 244 g/mol. The first-order chi connectivity index (χ1) is 9.33. The number of hydrogen-bond acceptors (Lipinski definition) is 7. The van der Waals surface area contributed by atoms with Crippen molar-refractivity contribution < 1.29 is 0 Å². The largest absolute Gasteiger partial charge is 0.354 e. The van der Waals surface area contributed by atoms with Gasteiger partial charge in [-0.25, -0.2) is 4.98 Å². The van der Waals surface area contributed by atoms with Crippen molar-refractivity contribution in [3.8, 4) is 5.95 Å². The zero-order chi connectivity index (χ0) is 13.5. The second kappa shape index (κ2) is 6.62. The van der Waals surface area contributed by atoms with Crippen LogP contribution in [0.15, 0.2) is 12.7 Å². The van der Waals surface area contributed by atoms with E-state index in [0.29, 0.717) is 17.8 Å². The first-order valence-electron chi connectivity index (χ1n) is 6.42. The average molecular weight is 262 g/mol. The molecular formula is C11H18N8. The molecule has 0 spiro atoms. The summed E-state index contributed by atoms with van der Waals surface area (Å²) in [7, 11) is 0. The van der Waals surface area contributed by atoms with Gasteiger partial charge in [-0.3, -0.25) is 0 Å². The smallest absolute Gasteiger partial charge is 0.258 e. The summed E-state index contributed by atoms with van der Waals surface area (Å²) in [5, 5.41) is 10.3. The van der Waals surface area contributed by atoms with E-state index in [1.165, 1.54) is 11.0 Å². The second-order valence-corrected chi connectivity index (χ2v) is 3.93. The van der Waals surface area contributed by atoms with Gasteiger partial charge in [0.15, 0.2) is 0 Å². The van der Waals surface area contributed by atoms with E-state index in [9.17, 15) is 0 Å². The minimum Gasteiger partial charge on any atom is -0.354 e. The van der Waals surface area contributed by atoms with Crippen LogP contribution in [-0.4, -0.2) is 42.8 Å². The highest BCUT2D eigenvalue weighted by Crippen LogP contribution is 2.08. The molecule has 0 aliphatic rings. The SMILES string of the molecule is CCCCNc1nc(NCC)nc(-n2cncn2)n1. The Morgan fingerprint density at radius 3 is 2.53 bits per heavy atom. The maximum absolute atomic E-state index is 4.32. The molecule has 8 heteroatoms. The first-order valence-corrected chi connectivity index (χ1v) is 6.42. The number of nitrogens with one attached hydrogen (secondary N) is 2. The van der Waals surface area contributed by atoms with E-state index in [-0.39, 0.29) is 0 Å². The summed E-state index contributed by atoms with van der Waals surface area (Å²) in [5.41, 5.74) is 0.